The second kappa shape index (κ2) is 4.73. The average molecular weight is 250 g/mol. The Balaban J connectivity index is 2.06. The molecule has 0 bridgehead atoms. The Morgan fingerprint density at radius 3 is 2.67 bits per heavy atom. The first-order valence-electron chi connectivity index (χ1n) is 5.76. The van der Waals surface area contributed by atoms with E-state index in [9.17, 15) is 20.0 Å². The number of aliphatic hydroxyl groups is 1. The van der Waals surface area contributed by atoms with E-state index in [0.717, 1.165) is 6.42 Å². The number of benzene rings is 1. The van der Waals surface area contributed by atoms with Crippen LogP contribution < -0.4 is 5.32 Å². The van der Waals surface area contributed by atoms with Crippen LogP contribution in [0.25, 0.3) is 0 Å². The molecule has 96 valence electrons. The smallest absolute Gasteiger partial charge is 0.282 e. The van der Waals surface area contributed by atoms with E-state index in [0.29, 0.717) is 12.8 Å². The van der Waals surface area contributed by atoms with Gasteiger partial charge >= 0.3 is 0 Å². The first-order valence-corrected chi connectivity index (χ1v) is 5.76. The summed E-state index contributed by atoms with van der Waals surface area (Å²) in [6, 6.07) is 5.76. The summed E-state index contributed by atoms with van der Waals surface area (Å²) in [6.07, 6.45) is 2.26. The molecule has 1 amide bonds. The Labute approximate surface area is 104 Å². The van der Waals surface area contributed by atoms with E-state index in [1.807, 2.05) is 0 Å². The third-order valence-electron chi connectivity index (χ3n) is 3.21. The van der Waals surface area contributed by atoms with Gasteiger partial charge in [0.2, 0.25) is 0 Å². The van der Waals surface area contributed by atoms with Crippen LogP contribution in [0.4, 0.5) is 5.69 Å². The monoisotopic (exact) mass is 250 g/mol. The van der Waals surface area contributed by atoms with Gasteiger partial charge in [0.15, 0.2) is 0 Å². The molecule has 0 saturated heterocycles. The number of nitro groups is 1. The summed E-state index contributed by atoms with van der Waals surface area (Å²) in [7, 11) is 0. The molecule has 2 rings (SSSR count). The van der Waals surface area contributed by atoms with Crippen LogP contribution in [-0.2, 0) is 0 Å². The summed E-state index contributed by atoms with van der Waals surface area (Å²) in [5, 5.41) is 23.1. The van der Waals surface area contributed by atoms with Crippen molar-refractivity contribution in [2.45, 2.75) is 24.9 Å². The second-order valence-corrected chi connectivity index (χ2v) is 4.53. The Hall–Kier alpha value is -1.95. The van der Waals surface area contributed by atoms with E-state index in [1.54, 1.807) is 6.07 Å². The molecule has 6 heteroatoms. The van der Waals surface area contributed by atoms with Gasteiger partial charge in [-0.05, 0) is 25.3 Å². The summed E-state index contributed by atoms with van der Waals surface area (Å²) < 4.78 is 0. The fraction of sp³-hybridized carbons (Fsp3) is 0.417. The standard InChI is InChI=1S/C12H14N2O4/c15-11(13-8-12(16)6-3-7-12)9-4-1-2-5-10(9)14(17)18/h1-2,4-5,16H,3,6-8H2,(H,13,15). The van der Waals surface area contributed by atoms with Crippen LogP contribution in [0.3, 0.4) is 0 Å². The molecule has 1 saturated carbocycles. The molecule has 0 spiro atoms. The molecule has 0 aliphatic heterocycles. The molecule has 2 N–H and O–H groups in total. The lowest BCUT2D eigenvalue weighted by Gasteiger charge is -2.36. The Morgan fingerprint density at radius 1 is 1.44 bits per heavy atom. The van der Waals surface area contributed by atoms with E-state index in [-0.39, 0.29) is 17.8 Å². The molecule has 0 heterocycles. The predicted octanol–water partition coefficient (Wildman–Crippen LogP) is 1.24. The van der Waals surface area contributed by atoms with Crippen molar-refractivity contribution >= 4 is 11.6 Å². The van der Waals surface area contributed by atoms with E-state index in [1.165, 1.54) is 18.2 Å². The molecule has 1 fully saturated rings. The van der Waals surface area contributed by atoms with Gasteiger partial charge in [-0.3, -0.25) is 14.9 Å². The molecule has 1 aliphatic rings. The lowest BCUT2D eigenvalue weighted by Crippen LogP contribution is -2.47. The van der Waals surface area contributed by atoms with Gasteiger partial charge in [0.05, 0.1) is 10.5 Å². The summed E-state index contributed by atoms with van der Waals surface area (Å²) in [6.45, 7) is 0.137. The number of para-hydroxylation sites is 1. The van der Waals surface area contributed by atoms with E-state index < -0.39 is 16.4 Å². The zero-order chi connectivity index (χ0) is 13.2. The Morgan fingerprint density at radius 2 is 2.11 bits per heavy atom. The number of rotatable bonds is 4. The molecule has 1 aliphatic carbocycles. The normalized spacial score (nSPS) is 16.7. The summed E-state index contributed by atoms with van der Waals surface area (Å²) in [5.74, 6) is -0.525. The predicted molar refractivity (Wildman–Crippen MR) is 64.2 cm³/mol. The largest absolute Gasteiger partial charge is 0.388 e. The molecule has 0 unspecified atom stereocenters. The number of nitrogens with one attached hydrogen (secondary N) is 1. The molecule has 0 radical (unpaired) electrons. The van der Waals surface area contributed by atoms with Crippen LogP contribution in [0.15, 0.2) is 24.3 Å². The Bertz CT molecular complexity index is 483. The van der Waals surface area contributed by atoms with Gasteiger partial charge in [-0.25, -0.2) is 0 Å². The van der Waals surface area contributed by atoms with E-state index >= 15 is 0 Å². The van der Waals surface area contributed by atoms with Crippen LogP contribution in [0, 0.1) is 10.1 Å². The molecule has 1 aromatic rings. The van der Waals surface area contributed by atoms with Crippen molar-refractivity contribution in [3.8, 4) is 0 Å². The minimum atomic E-state index is -0.834. The van der Waals surface area contributed by atoms with Gasteiger partial charge in [-0.15, -0.1) is 0 Å². The number of carbonyl (C=O) groups excluding carboxylic acids is 1. The van der Waals surface area contributed by atoms with Crippen molar-refractivity contribution in [3.63, 3.8) is 0 Å². The highest BCUT2D eigenvalue weighted by Crippen LogP contribution is 2.30. The van der Waals surface area contributed by atoms with Crippen molar-refractivity contribution in [1.82, 2.24) is 5.32 Å². The van der Waals surface area contributed by atoms with Crippen molar-refractivity contribution in [2.75, 3.05) is 6.54 Å². The second-order valence-electron chi connectivity index (χ2n) is 4.53. The maximum absolute atomic E-state index is 11.8. The lowest BCUT2D eigenvalue weighted by atomic mass is 9.80. The lowest BCUT2D eigenvalue weighted by molar-refractivity contribution is -0.385. The summed E-state index contributed by atoms with van der Waals surface area (Å²) in [5.41, 5.74) is -1.04. The summed E-state index contributed by atoms with van der Waals surface area (Å²) in [4.78, 5) is 22.0. The van der Waals surface area contributed by atoms with E-state index in [4.69, 9.17) is 0 Å². The summed E-state index contributed by atoms with van der Waals surface area (Å²) >= 11 is 0. The quantitative estimate of drug-likeness (QED) is 0.621. The minimum absolute atomic E-state index is 0.0189. The number of carbonyl (C=O) groups is 1. The van der Waals surface area contributed by atoms with Gasteiger partial charge in [-0.1, -0.05) is 12.1 Å². The van der Waals surface area contributed by atoms with E-state index in [2.05, 4.69) is 5.32 Å². The first-order chi connectivity index (χ1) is 8.52. The van der Waals surface area contributed by atoms with Crippen molar-refractivity contribution < 1.29 is 14.8 Å². The maximum atomic E-state index is 11.8. The molecular formula is C12H14N2O4. The first kappa shape index (κ1) is 12.5. The highest BCUT2D eigenvalue weighted by molar-refractivity contribution is 5.98. The topological polar surface area (TPSA) is 92.5 Å². The fourth-order valence-corrected chi connectivity index (χ4v) is 1.93. The maximum Gasteiger partial charge on any atom is 0.282 e. The average Bonchev–Trinajstić information content (AvgIpc) is 2.33. The number of nitrogens with zero attached hydrogens (tertiary/aromatic N) is 1. The molecule has 6 nitrogen and oxygen atoms in total. The molecule has 1 aromatic carbocycles. The molecule has 0 atom stereocenters. The fourth-order valence-electron chi connectivity index (χ4n) is 1.93. The van der Waals surface area contributed by atoms with Gasteiger partial charge < -0.3 is 10.4 Å². The minimum Gasteiger partial charge on any atom is -0.388 e. The van der Waals surface area contributed by atoms with Crippen LogP contribution in [0.1, 0.15) is 29.6 Å². The number of hydrogen-bond donors (Lipinski definition) is 2. The van der Waals surface area contributed by atoms with Crippen LogP contribution in [0.2, 0.25) is 0 Å². The highest BCUT2D eigenvalue weighted by Gasteiger charge is 2.35. The number of hydrogen-bond acceptors (Lipinski definition) is 4. The van der Waals surface area contributed by atoms with Gasteiger partial charge in [-0.2, -0.15) is 0 Å². The zero-order valence-corrected chi connectivity index (χ0v) is 9.76. The van der Waals surface area contributed by atoms with Gasteiger partial charge in [0, 0.05) is 12.6 Å². The molecule has 0 aromatic heterocycles. The molecule has 18 heavy (non-hydrogen) atoms. The third kappa shape index (κ3) is 2.48. The highest BCUT2D eigenvalue weighted by atomic mass is 16.6. The number of nitro benzene ring substituents is 1. The number of amides is 1. The van der Waals surface area contributed by atoms with Crippen LogP contribution >= 0.6 is 0 Å². The van der Waals surface area contributed by atoms with Crippen molar-refractivity contribution in [2.24, 2.45) is 0 Å². The third-order valence-corrected chi connectivity index (χ3v) is 3.21. The van der Waals surface area contributed by atoms with Gasteiger partial charge in [0.1, 0.15) is 5.56 Å². The van der Waals surface area contributed by atoms with Gasteiger partial charge in [0.25, 0.3) is 11.6 Å². The molecular weight excluding hydrogens is 236 g/mol. The van der Waals surface area contributed by atoms with Crippen LogP contribution in [0.5, 0.6) is 0 Å². The van der Waals surface area contributed by atoms with Crippen LogP contribution in [-0.4, -0.2) is 28.1 Å². The zero-order valence-electron chi connectivity index (χ0n) is 9.76. The Kier molecular flexibility index (Phi) is 3.29. The SMILES string of the molecule is O=C(NCC1(O)CCC1)c1ccccc1[N+](=O)[O-]. The van der Waals surface area contributed by atoms with Crippen molar-refractivity contribution in [3.05, 3.63) is 39.9 Å². The van der Waals surface area contributed by atoms with Crippen molar-refractivity contribution in [1.29, 1.82) is 0 Å².